The lowest BCUT2D eigenvalue weighted by atomic mass is 10.1. The molecular formula is C24H21N7S. The molecule has 7 nitrogen and oxygen atoms in total. The van der Waals surface area contributed by atoms with Crippen LogP contribution in [-0.4, -0.2) is 25.1 Å². The molecule has 3 N–H and O–H groups in total. The first-order valence-electron chi connectivity index (χ1n) is 10.7. The summed E-state index contributed by atoms with van der Waals surface area (Å²) in [6, 6.07) is 12.0. The van der Waals surface area contributed by atoms with Gasteiger partial charge in [-0.2, -0.15) is 0 Å². The summed E-state index contributed by atoms with van der Waals surface area (Å²) in [7, 11) is 0. The van der Waals surface area contributed by atoms with E-state index < -0.39 is 0 Å². The van der Waals surface area contributed by atoms with Crippen molar-refractivity contribution < 1.29 is 0 Å². The molecule has 0 amide bonds. The van der Waals surface area contributed by atoms with E-state index in [1.807, 2.05) is 42.7 Å². The fourth-order valence-electron chi connectivity index (χ4n) is 4.36. The number of hydrogen-bond donors (Lipinski definition) is 2. The zero-order chi connectivity index (χ0) is 21.5. The SMILES string of the molecule is Nc1nc2cc(Nc3cncc4ccccc34)cnc2cc1-c1nnc(C2CCCC2)s1. The van der Waals surface area contributed by atoms with Crippen molar-refractivity contribution in [1.29, 1.82) is 0 Å². The van der Waals surface area contributed by atoms with E-state index >= 15 is 0 Å². The minimum atomic E-state index is 0.442. The molecule has 0 aliphatic heterocycles. The molecule has 158 valence electrons. The molecule has 4 heterocycles. The molecule has 0 bridgehead atoms. The molecule has 32 heavy (non-hydrogen) atoms. The van der Waals surface area contributed by atoms with Crippen molar-refractivity contribution in [2.24, 2.45) is 0 Å². The van der Waals surface area contributed by atoms with Crippen molar-refractivity contribution in [3.8, 4) is 10.6 Å². The molecule has 1 aliphatic rings. The number of fused-ring (bicyclic) bond motifs is 2. The highest BCUT2D eigenvalue weighted by Crippen LogP contribution is 2.39. The molecule has 1 saturated carbocycles. The van der Waals surface area contributed by atoms with Gasteiger partial charge in [0.15, 0.2) is 5.01 Å². The molecular weight excluding hydrogens is 418 g/mol. The molecule has 5 aromatic rings. The second kappa shape index (κ2) is 7.80. The van der Waals surface area contributed by atoms with Gasteiger partial charge in [0.2, 0.25) is 0 Å². The summed E-state index contributed by atoms with van der Waals surface area (Å²) < 4.78 is 0. The maximum atomic E-state index is 6.33. The largest absolute Gasteiger partial charge is 0.383 e. The summed E-state index contributed by atoms with van der Waals surface area (Å²) >= 11 is 1.62. The Bertz CT molecular complexity index is 1430. The van der Waals surface area contributed by atoms with Gasteiger partial charge in [0.05, 0.1) is 40.4 Å². The monoisotopic (exact) mass is 439 g/mol. The topological polar surface area (TPSA) is 102 Å². The third-order valence-corrected chi connectivity index (χ3v) is 7.14. The summed E-state index contributed by atoms with van der Waals surface area (Å²) in [6.45, 7) is 0. The Balaban J connectivity index is 1.33. The lowest BCUT2D eigenvalue weighted by Gasteiger charge is -2.10. The van der Waals surface area contributed by atoms with Gasteiger partial charge in [0, 0.05) is 22.9 Å². The van der Waals surface area contributed by atoms with E-state index in [4.69, 9.17) is 5.73 Å². The van der Waals surface area contributed by atoms with Crippen molar-refractivity contribution in [2.75, 3.05) is 11.1 Å². The number of nitrogen functional groups attached to an aromatic ring is 1. The van der Waals surface area contributed by atoms with E-state index in [1.54, 1.807) is 17.5 Å². The van der Waals surface area contributed by atoms with E-state index in [-0.39, 0.29) is 0 Å². The van der Waals surface area contributed by atoms with Crippen LogP contribution in [0.2, 0.25) is 0 Å². The lowest BCUT2D eigenvalue weighted by Crippen LogP contribution is -1.98. The maximum absolute atomic E-state index is 6.33. The van der Waals surface area contributed by atoms with Crippen LogP contribution < -0.4 is 11.1 Å². The first-order chi connectivity index (χ1) is 15.7. The first-order valence-corrected chi connectivity index (χ1v) is 11.6. The average Bonchev–Trinajstić information content (AvgIpc) is 3.51. The summed E-state index contributed by atoms with van der Waals surface area (Å²) in [4.78, 5) is 13.6. The second-order valence-electron chi connectivity index (χ2n) is 8.14. The predicted octanol–water partition coefficient (Wildman–Crippen LogP) is 5.68. The van der Waals surface area contributed by atoms with Crippen LogP contribution in [0.25, 0.3) is 32.4 Å². The van der Waals surface area contributed by atoms with Crippen LogP contribution in [0, 0.1) is 0 Å². The Hall–Kier alpha value is -3.65. The van der Waals surface area contributed by atoms with E-state index in [0.29, 0.717) is 11.7 Å². The minimum absolute atomic E-state index is 0.442. The zero-order valence-electron chi connectivity index (χ0n) is 17.3. The van der Waals surface area contributed by atoms with Gasteiger partial charge >= 0.3 is 0 Å². The molecule has 1 aromatic carbocycles. The van der Waals surface area contributed by atoms with Gasteiger partial charge < -0.3 is 11.1 Å². The minimum Gasteiger partial charge on any atom is -0.383 e. The third kappa shape index (κ3) is 3.42. The lowest BCUT2D eigenvalue weighted by molar-refractivity contribution is 0.705. The first kappa shape index (κ1) is 19.1. The van der Waals surface area contributed by atoms with E-state index in [9.17, 15) is 0 Å². The van der Waals surface area contributed by atoms with Crippen molar-refractivity contribution in [3.05, 3.63) is 60.0 Å². The molecule has 0 radical (unpaired) electrons. The van der Waals surface area contributed by atoms with Gasteiger partial charge in [0.25, 0.3) is 0 Å². The molecule has 6 rings (SSSR count). The highest BCUT2D eigenvalue weighted by atomic mass is 32.1. The van der Waals surface area contributed by atoms with Gasteiger partial charge in [0.1, 0.15) is 10.8 Å². The fraction of sp³-hybridized carbons (Fsp3) is 0.208. The molecule has 1 fully saturated rings. The predicted molar refractivity (Wildman–Crippen MR) is 129 cm³/mol. The van der Waals surface area contributed by atoms with Gasteiger partial charge in [-0.15, -0.1) is 10.2 Å². The Morgan fingerprint density at radius 2 is 1.84 bits per heavy atom. The van der Waals surface area contributed by atoms with Crippen LogP contribution in [0.4, 0.5) is 17.2 Å². The van der Waals surface area contributed by atoms with Gasteiger partial charge in [-0.3, -0.25) is 9.97 Å². The van der Waals surface area contributed by atoms with Gasteiger partial charge in [-0.25, -0.2) is 4.98 Å². The normalized spacial score (nSPS) is 14.4. The zero-order valence-corrected chi connectivity index (χ0v) is 18.1. The molecule has 0 atom stereocenters. The Labute approximate surface area is 188 Å². The van der Waals surface area contributed by atoms with E-state index in [2.05, 4.69) is 36.5 Å². The summed E-state index contributed by atoms with van der Waals surface area (Å²) in [5.41, 5.74) is 10.4. The Morgan fingerprint density at radius 3 is 2.75 bits per heavy atom. The highest BCUT2D eigenvalue weighted by Gasteiger charge is 2.22. The number of anilines is 3. The Kier molecular flexibility index (Phi) is 4.65. The summed E-state index contributed by atoms with van der Waals surface area (Å²) in [5, 5.41) is 16.3. The number of nitrogens with two attached hydrogens (primary N) is 1. The van der Waals surface area contributed by atoms with E-state index in [0.717, 1.165) is 48.8 Å². The average molecular weight is 440 g/mol. The number of aromatic nitrogens is 5. The number of rotatable bonds is 4. The number of pyridine rings is 3. The molecule has 8 heteroatoms. The Morgan fingerprint density at radius 1 is 0.969 bits per heavy atom. The molecule has 0 unspecified atom stereocenters. The molecule has 1 aliphatic carbocycles. The number of nitrogens with one attached hydrogen (secondary N) is 1. The van der Waals surface area contributed by atoms with Crippen LogP contribution in [0.1, 0.15) is 36.6 Å². The van der Waals surface area contributed by atoms with E-state index in [1.165, 1.54) is 25.7 Å². The molecule has 0 spiro atoms. The van der Waals surface area contributed by atoms with Crippen LogP contribution in [0.5, 0.6) is 0 Å². The van der Waals surface area contributed by atoms with Crippen molar-refractivity contribution >= 4 is 50.3 Å². The van der Waals surface area contributed by atoms with Gasteiger partial charge in [-0.1, -0.05) is 48.4 Å². The number of benzene rings is 1. The molecule has 0 saturated heterocycles. The van der Waals surface area contributed by atoms with Crippen LogP contribution in [0.15, 0.2) is 55.0 Å². The van der Waals surface area contributed by atoms with Crippen molar-refractivity contribution in [2.45, 2.75) is 31.6 Å². The number of nitrogens with zero attached hydrogens (tertiary/aromatic N) is 5. The van der Waals surface area contributed by atoms with Crippen LogP contribution in [-0.2, 0) is 0 Å². The second-order valence-corrected chi connectivity index (χ2v) is 9.15. The quantitative estimate of drug-likeness (QED) is 0.371. The standard InChI is InChI=1S/C24H21N7S/c25-22-18(24-31-30-23(32-24)14-5-1-2-6-14)10-19-20(29-22)9-16(12-27-19)28-21-13-26-11-15-7-3-4-8-17(15)21/h3-4,7-14,28H,1-2,5-6H2,(H2,25,29). The van der Waals surface area contributed by atoms with Crippen molar-refractivity contribution in [3.63, 3.8) is 0 Å². The third-order valence-electron chi connectivity index (χ3n) is 6.02. The fourth-order valence-corrected chi connectivity index (χ4v) is 5.39. The smallest absolute Gasteiger partial charge is 0.151 e. The molecule has 4 aromatic heterocycles. The number of hydrogen-bond acceptors (Lipinski definition) is 8. The summed E-state index contributed by atoms with van der Waals surface area (Å²) in [6.07, 6.45) is 10.4. The summed E-state index contributed by atoms with van der Waals surface area (Å²) in [5.74, 6) is 0.976. The van der Waals surface area contributed by atoms with Crippen molar-refractivity contribution in [1.82, 2.24) is 25.1 Å². The highest BCUT2D eigenvalue weighted by molar-refractivity contribution is 7.14. The maximum Gasteiger partial charge on any atom is 0.151 e. The van der Waals surface area contributed by atoms with Gasteiger partial charge in [-0.05, 0) is 25.0 Å². The van der Waals surface area contributed by atoms with Crippen LogP contribution >= 0.6 is 11.3 Å². The van der Waals surface area contributed by atoms with Crippen LogP contribution in [0.3, 0.4) is 0 Å².